The molecule has 1 atom stereocenters. The van der Waals surface area contributed by atoms with Crippen molar-refractivity contribution in [1.82, 2.24) is 14.3 Å². The SMILES string of the molecule is CN(C)C(c1nc2ccccc2n2cccc12)C(C)(C)C. The lowest BCUT2D eigenvalue weighted by atomic mass is 9.83. The third-order valence-corrected chi connectivity index (χ3v) is 3.99. The molecule has 3 rings (SSSR count). The van der Waals surface area contributed by atoms with Crippen molar-refractivity contribution in [2.24, 2.45) is 5.41 Å². The van der Waals surface area contributed by atoms with E-state index in [9.17, 15) is 0 Å². The number of para-hydroxylation sites is 2. The van der Waals surface area contributed by atoms with E-state index >= 15 is 0 Å². The van der Waals surface area contributed by atoms with Crippen molar-refractivity contribution in [1.29, 1.82) is 0 Å². The molecule has 0 amide bonds. The number of rotatable bonds is 2. The first-order valence-corrected chi connectivity index (χ1v) is 7.42. The number of aromatic nitrogens is 2. The maximum atomic E-state index is 5.00. The molecule has 0 aliphatic rings. The highest BCUT2D eigenvalue weighted by molar-refractivity contribution is 5.79. The van der Waals surface area contributed by atoms with Crippen molar-refractivity contribution in [3.63, 3.8) is 0 Å². The second-order valence-corrected chi connectivity index (χ2v) is 6.98. The Kier molecular flexibility index (Phi) is 3.25. The van der Waals surface area contributed by atoms with Crippen molar-refractivity contribution in [2.75, 3.05) is 14.1 Å². The smallest absolute Gasteiger partial charge is 0.0874 e. The molecular weight excluding hydrogens is 258 g/mol. The zero-order valence-corrected chi connectivity index (χ0v) is 13.5. The molecule has 0 aliphatic heterocycles. The fraction of sp³-hybridized carbons (Fsp3) is 0.389. The molecule has 2 aromatic heterocycles. The molecule has 0 N–H and O–H groups in total. The average Bonchev–Trinajstić information content (AvgIpc) is 2.86. The van der Waals surface area contributed by atoms with Crippen LogP contribution in [0.1, 0.15) is 32.5 Å². The Morgan fingerprint density at radius 1 is 1.00 bits per heavy atom. The third-order valence-electron chi connectivity index (χ3n) is 3.99. The van der Waals surface area contributed by atoms with Crippen LogP contribution in [0.15, 0.2) is 42.6 Å². The second kappa shape index (κ2) is 4.85. The van der Waals surface area contributed by atoms with Crippen LogP contribution in [-0.4, -0.2) is 28.4 Å². The lowest BCUT2D eigenvalue weighted by molar-refractivity contribution is 0.151. The molecule has 0 aliphatic carbocycles. The quantitative estimate of drug-likeness (QED) is 0.704. The van der Waals surface area contributed by atoms with Crippen molar-refractivity contribution >= 4 is 16.6 Å². The van der Waals surface area contributed by atoms with Gasteiger partial charge in [0.15, 0.2) is 0 Å². The summed E-state index contributed by atoms with van der Waals surface area (Å²) in [6, 6.07) is 12.9. The average molecular weight is 281 g/mol. The third kappa shape index (κ3) is 2.32. The maximum Gasteiger partial charge on any atom is 0.0874 e. The molecule has 3 nitrogen and oxygen atoms in total. The van der Waals surface area contributed by atoms with E-state index in [1.807, 2.05) is 0 Å². The topological polar surface area (TPSA) is 20.5 Å². The van der Waals surface area contributed by atoms with Gasteiger partial charge < -0.3 is 9.30 Å². The summed E-state index contributed by atoms with van der Waals surface area (Å²) in [4.78, 5) is 7.27. The van der Waals surface area contributed by atoms with E-state index in [-0.39, 0.29) is 11.5 Å². The standard InChI is InChI=1S/C18H23N3/c1-18(2,3)17(20(4)5)16-15-11-8-12-21(15)14-10-7-6-9-13(14)19-16/h6-12,17H,1-5H3. The molecule has 3 heteroatoms. The zero-order chi connectivity index (χ0) is 15.2. The summed E-state index contributed by atoms with van der Waals surface area (Å²) in [5.74, 6) is 0. The first-order valence-electron chi connectivity index (χ1n) is 7.42. The molecule has 1 unspecified atom stereocenters. The lowest BCUT2D eigenvalue weighted by Crippen LogP contribution is -2.32. The van der Waals surface area contributed by atoms with Gasteiger partial charge in [-0.2, -0.15) is 0 Å². The van der Waals surface area contributed by atoms with Crippen molar-refractivity contribution in [3.05, 3.63) is 48.3 Å². The van der Waals surface area contributed by atoms with Gasteiger partial charge in [-0.25, -0.2) is 4.98 Å². The summed E-state index contributed by atoms with van der Waals surface area (Å²) >= 11 is 0. The van der Waals surface area contributed by atoms with Crippen LogP contribution in [0.5, 0.6) is 0 Å². The number of fused-ring (bicyclic) bond motifs is 3. The van der Waals surface area contributed by atoms with Crippen LogP contribution >= 0.6 is 0 Å². The first-order chi connectivity index (χ1) is 9.89. The monoisotopic (exact) mass is 281 g/mol. The van der Waals surface area contributed by atoms with Crippen LogP contribution in [0.4, 0.5) is 0 Å². The van der Waals surface area contributed by atoms with Gasteiger partial charge in [-0.05, 0) is 43.8 Å². The summed E-state index contributed by atoms with van der Waals surface area (Å²) in [5.41, 5.74) is 4.67. The van der Waals surface area contributed by atoms with Crippen molar-refractivity contribution in [2.45, 2.75) is 26.8 Å². The number of hydrogen-bond donors (Lipinski definition) is 0. The molecular formula is C18H23N3. The minimum absolute atomic E-state index is 0.115. The van der Waals surface area contributed by atoms with Crippen LogP contribution in [0, 0.1) is 5.41 Å². The predicted octanol–water partition coefficient (Wildman–Crippen LogP) is 4.14. The molecule has 0 spiro atoms. The van der Waals surface area contributed by atoms with E-state index in [1.165, 1.54) is 5.52 Å². The van der Waals surface area contributed by atoms with Crippen LogP contribution in [-0.2, 0) is 0 Å². The molecule has 0 bridgehead atoms. The molecule has 3 aromatic rings. The largest absolute Gasteiger partial charge is 0.313 e. The number of benzene rings is 1. The van der Waals surface area contributed by atoms with Crippen molar-refractivity contribution < 1.29 is 0 Å². The number of nitrogens with zero attached hydrogens (tertiary/aromatic N) is 3. The summed E-state index contributed by atoms with van der Waals surface area (Å²) in [7, 11) is 4.26. The van der Waals surface area contributed by atoms with Crippen LogP contribution in [0.3, 0.4) is 0 Å². The molecule has 0 saturated carbocycles. The molecule has 21 heavy (non-hydrogen) atoms. The highest BCUT2D eigenvalue weighted by atomic mass is 15.1. The molecule has 0 fully saturated rings. The fourth-order valence-corrected chi connectivity index (χ4v) is 3.38. The second-order valence-electron chi connectivity index (χ2n) is 6.98. The van der Waals surface area contributed by atoms with E-state index in [4.69, 9.17) is 4.98 Å². The first kappa shape index (κ1) is 14.1. The number of hydrogen-bond acceptors (Lipinski definition) is 2. The molecule has 2 heterocycles. The normalized spacial score (nSPS) is 14.2. The molecule has 1 aromatic carbocycles. The molecule has 0 saturated heterocycles. The van der Waals surface area contributed by atoms with Crippen LogP contribution in [0.2, 0.25) is 0 Å². The Hall–Kier alpha value is -1.87. The molecule has 110 valence electrons. The van der Waals surface area contributed by atoms with E-state index in [0.717, 1.165) is 16.7 Å². The predicted molar refractivity (Wildman–Crippen MR) is 88.6 cm³/mol. The lowest BCUT2D eigenvalue weighted by Gasteiger charge is -2.36. The van der Waals surface area contributed by atoms with Crippen LogP contribution in [0.25, 0.3) is 16.6 Å². The Balaban J connectivity index is 2.37. The summed E-state index contributed by atoms with van der Waals surface area (Å²) in [6.07, 6.45) is 2.12. The van der Waals surface area contributed by atoms with E-state index in [0.29, 0.717) is 0 Å². The fourth-order valence-electron chi connectivity index (χ4n) is 3.38. The van der Waals surface area contributed by atoms with Gasteiger partial charge in [0.25, 0.3) is 0 Å². The van der Waals surface area contributed by atoms with Gasteiger partial charge in [0, 0.05) is 6.20 Å². The van der Waals surface area contributed by atoms with Gasteiger partial charge in [-0.15, -0.1) is 0 Å². The highest BCUT2D eigenvalue weighted by Gasteiger charge is 2.31. The summed E-state index contributed by atoms with van der Waals surface area (Å²) in [5, 5.41) is 0. The summed E-state index contributed by atoms with van der Waals surface area (Å²) in [6.45, 7) is 6.82. The van der Waals surface area contributed by atoms with Gasteiger partial charge >= 0.3 is 0 Å². The van der Waals surface area contributed by atoms with Crippen LogP contribution < -0.4 is 0 Å². The van der Waals surface area contributed by atoms with Gasteiger partial charge in [0.05, 0.1) is 28.3 Å². The molecule has 0 radical (unpaired) electrons. The zero-order valence-electron chi connectivity index (χ0n) is 13.5. The van der Waals surface area contributed by atoms with Gasteiger partial charge in [0.1, 0.15) is 0 Å². The minimum atomic E-state index is 0.115. The maximum absolute atomic E-state index is 5.00. The minimum Gasteiger partial charge on any atom is -0.313 e. The Morgan fingerprint density at radius 2 is 1.67 bits per heavy atom. The van der Waals surface area contributed by atoms with Crippen molar-refractivity contribution in [3.8, 4) is 0 Å². The van der Waals surface area contributed by atoms with Gasteiger partial charge in [-0.3, -0.25) is 0 Å². The van der Waals surface area contributed by atoms with E-state index in [2.05, 4.69) is 86.8 Å². The summed E-state index contributed by atoms with van der Waals surface area (Å²) < 4.78 is 2.25. The Morgan fingerprint density at radius 3 is 2.33 bits per heavy atom. The van der Waals surface area contributed by atoms with Gasteiger partial charge in [-0.1, -0.05) is 32.9 Å². The van der Waals surface area contributed by atoms with E-state index < -0.39 is 0 Å². The van der Waals surface area contributed by atoms with E-state index in [1.54, 1.807) is 0 Å². The highest BCUT2D eigenvalue weighted by Crippen LogP contribution is 2.38. The van der Waals surface area contributed by atoms with Gasteiger partial charge in [0.2, 0.25) is 0 Å². The Bertz CT molecular complexity index is 778. The Labute approximate surface area is 126 Å².